The fourth-order valence-electron chi connectivity index (χ4n) is 1.99. The number of hydrogen-bond donors (Lipinski definition) is 2. The molecular weight excluding hydrogens is 375 g/mol. The summed E-state index contributed by atoms with van der Waals surface area (Å²) in [6.45, 7) is 0. The number of carbonyl (C=O) groups excluding carboxylic acids is 1. The Morgan fingerprint density at radius 3 is 2.50 bits per heavy atom. The van der Waals surface area contributed by atoms with E-state index in [1.807, 2.05) is 0 Å². The molecule has 6 nitrogen and oxygen atoms in total. The number of primary sulfonamides is 1. The number of amides is 1. The molecule has 0 aliphatic carbocycles. The number of nitrogens with one attached hydrogen (secondary N) is 1. The van der Waals surface area contributed by atoms with Crippen molar-refractivity contribution in [1.29, 1.82) is 0 Å². The zero-order chi connectivity index (χ0) is 17.9. The summed E-state index contributed by atoms with van der Waals surface area (Å²) in [4.78, 5) is 12.1. The topological polar surface area (TPSA) is 98.5 Å². The van der Waals surface area contributed by atoms with Crippen LogP contribution in [0.2, 0.25) is 10.0 Å². The molecule has 2 aromatic rings. The van der Waals surface area contributed by atoms with Gasteiger partial charge in [0.2, 0.25) is 15.9 Å². The standard InChI is InChI=1S/C15H14Cl2N2O4S/c1-23-14-5-4-11(24(18,21)22)8-13(14)19-15(20)6-9-2-3-10(16)7-12(9)17/h2-5,7-8H,6H2,1H3,(H,19,20)(H2,18,21,22). The Bertz CT molecular complexity index is 885. The molecule has 3 N–H and O–H groups in total. The molecule has 2 rings (SSSR count). The predicted octanol–water partition coefficient (Wildman–Crippen LogP) is 2.83. The summed E-state index contributed by atoms with van der Waals surface area (Å²) >= 11 is 11.8. The smallest absolute Gasteiger partial charge is 0.238 e. The van der Waals surface area contributed by atoms with Crippen LogP contribution in [0.15, 0.2) is 41.3 Å². The van der Waals surface area contributed by atoms with Gasteiger partial charge in [-0.3, -0.25) is 4.79 Å². The zero-order valence-corrected chi connectivity index (χ0v) is 14.9. The van der Waals surface area contributed by atoms with Crippen molar-refractivity contribution in [2.45, 2.75) is 11.3 Å². The van der Waals surface area contributed by atoms with Gasteiger partial charge < -0.3 is 10.1 Å². The normalized spacial score (nSPS) is 11.2. The molecule has 0 radical (unpaired) electrons. The van der Waals surface area contributed by atoms with Crippen molar-refractivity contribution in [3.05, 3.63) is 52.0 Å². The van der Waals surface area contributed by atoms with E-state index in [4.69, 9.17) is 33.1 Å². The average Bonchev–Trinajstić information content (AvgIpc) is 2.49. The Labute approximate surface area is 149 Å². The van der Waals surface area contributed by atoms with Gasteiger partial charge in [0, 0.05) is 10.0 Å². The molecule has 2 aromatic carbocycles. The van der Waals surface area contributed by atoms with Crippen molar-refractivity contribution in [1.82, 2.24) is 0 Å². The summed E-state index contributed by atoms with van der Waals surface area (Å²) in [6.07, 6.45) is -0.0151. The first-order valence-electron chi connectivity index (χ1n) is 6.65. The summed E-state index contributed by atoms with van der Waals surface area (Å²) < 4.78 is 28.0. The molecule has 0 fully saturated rings. The largest absolute Gasteiger partial charge is 0.495 e. The van der Waals surface area contributed by atoms with Gasteiger partial charge in [-0.2, -0.15) is 0 Å². The van der Waals surface area contributed by atoms with Gasteiger partial charge in [0.25, 0.3) is 0 Å². The Hall–Kier alpha value is -1.80. The lowest BCUT2D eigenvalue weighted by Gasteiger charge is -2.12. The molecule has 0 spiro atoms. The molecular formula is C15H14Cl2N2O4S. The van der Waals surface area contributed by atoms with Crippen LogP contribution in [0.1, 0.15) is 5.56 Å². The third kappa shape index (κ3) is 4.61. The minimum atomic E-state index is -3.90. The minimum Gasteiger partial charge on any atom is -0.495 e. The van der Waals surface area contributed by atoms with Gasteiger partial charge in [0.1, 0.15) is 5.75 Å². The van der Waals surface area contributed by atoms with Crippen LogP contribution in [0.25, 0.3) is 0 Å². The molecule has 0 saturated heterocycles. The second kappa shape index (κ2) is 7.40. The minimum absolute atomic E-state index is 0.0151. The van der Waals surface area contributed by atoms with E-state index in [1.165, 1.54) is 31.4 Å². The van der Waals surface area contributed by atoms with Crippen molar-refractivity contribution in [3.63, 3.8) is 0 Å². The highest BCUT2D eigenvalue weighted by Crippen LogP contribution is 2.28. The number of rotatable bonds is 5. The van der Waals surface area contributed by atoms with Crippen molar-refractivity contribution in [2.75, 3.05) is 12.4 Å². The third-order valence-corrected chi connectivity index (χ3v) is 4.64. The average molecular weight is 389 g/mol. The number of carbonyl (C=O) groups is 1. The van der Waals surface area contributed by atoms with Crippen LogP contribution in [0.3, 0.4) is 0 Å². The highest BCUT2D eigenvalue weighted by atomic mass is 35.5. The van der Waals surface area contributed by atoms with E-state index in [1.54, 1.807) is 12.1 Å². The molecule has 0 aliphatic heterocycles. The van der Waals surface area contributed by atoms with Gasteiger partial charge >= 0.3 is 0 Å². The molecule has 1 amide bonds. The van der Waals surface area contributed by atoms with E-state index in [9.17, 15) is 13.2 Å². The van der Waals surface area contributed by atoms with Crippen molar-refractivity contribution in [3.8, 4) is 5.75 Å². The van der Waals surface area contributed by atoms with Crippen LogP contribution in [0, 0.1) is 0 Å². The van der Waals surface area contributed by atoms with Gasteiger partial charge in [-0.25, -0.2) is 13.6 Å². The molecule has 0 heterocycles. The van der Waals surface area contributed by atoms with Gasteiger partial charge in [0.15, 0.2) is 0 Å². The maximum Gasteiger partial charge on any atom is 0.238 e. The van der Waals surface area contributed by atoms with Gasteiger partial charge in [0.05, 0.1) is 24.1 Å². The van der Waals surface area contributed by atoms with Gasteiger partial charge in [-0.05, 0) is 35.9 Å². The number of nitrogens with two attached hydrogens (primary N) is 1. The predicted molar refractivity (Wildman–Crippen MR) is 93.2 cm³/mol. The van der Waals surface area contributed by atoms with Crippen LogP contribution in [0.4, 0.5) is 5.69 Å². The third-order valence-electron chi connectivity index (χ3n) is 3.14. The van der Waals surface area contributed by atoms with Gasteiger partial charge in [-0.15, -0.1) is 0 Å². The summed E-state index contributed by atoms with van der Waals surface area (Å²) in [5.41, 5.74) is 0.777. The van der Waals surface area contributed by atoms with E-state index < -0.39 is 15.9 Å². The molecule has 0 saturated carbocycles. The maximum atomic E-state index is 12.2. The quantitative estimate of drug-likeness (QED) is 0.822. The fraction of sp³-hybridized carbons (Fsp3) is 0.133. The SMILES string of the molecule is COc1ccc(S(N)(=O)=O)cc1NC(=O)Cc1ccc(Cl)cc1Cl. The molecule has 0 aromatic heterocycles. The Kier molecular flexibility index (Phi) is 5.71. The number of ether oxygens (including phenoxy) is 1. The number of sulfonamides is 1. The Balaban J connectivity index is 2.24. The molecule has 128 valence electrons. The first-order valence-corrected chi connectivity index (χ1v) is 8.95. The van der Waals surface area contributed by atoms with Crippen molar-refractivity contribution in [2.24, 2.45) is 5.14 Å². The van der Waals surface area contributed by atoms with Crippen molar-refractivity contribution < 1.29 is 17.9 Å². The zero-order valence-electron chi connectivity index (χ0n) is 12.5. The monoisotopic (exact) mass is 388 g/mol. The molecule has 0 atom stereocenters. The van der Waals surface area contributed by atoms with Crippen LogP contribution >= 0.6 is 23.2 Å². The lowest BCUT2D eigenvalue weighted by Crippen LogP contribution is -2.17. The summed E-state index contributed by atoms with van der Waals surface area (Å²) in [6, 6.07) is 8.73. The molecule has 0 aliphatic rings. The van der Waals surface area contributed by atoms with Crippen LogP contribution in [-0.4, -0.2) is 21.4 Å². The van der Waals surface area contributed by atoms with E-state index in [-0.39, 0.29) is 17.0 Å². The lowest BCUT2D eigenvalue weighted by molar-refractivity contribution is -0.115. The van der Waals surface area contributed by atoms with E-state index in [0.717, 1.165) is 0 Å². The number of anilines is 1. The van der Waals surface area contributed by atoms with Crippen molar-refractivity contribution >= 4 is 44.8 Å². The molecule has 9 heteroatoms. The summed E-state index contributed by atoms with van der Waals surface area (Å²) in [5, 5.41) is 8.51. The molecule has 0 unspecified atom stereocenters. The Morgan fingerprint density at radius 2 is 1.92 bits per heavy atom. The summed E-state index contributed by atoms with van der Waals surface area (Å²) in [7, 11) is -2.50. The highest BCUT2D eigenvalue weighted by molar-refractivity contribution is 7.89. The van der Waals surface area contributed by atoms with Crippen LogP contribution in [0.5, 0.6) is 5.75 Å². The first-order chi connectivity index (χ1) is 11.2. The first kappa shape index (κ1) is 18.5. The van der Waals surface area contributed by atoms with E-state index >= 15 is 0 Å². The fourth-order valence-corrected chi connectivity index (χ4v) is 3.01. The molecule has 24 heavy (non-hydrogen) atoms. The second-order valence-corrected chi connectivity index (χ2v) is 7.27. The number of hydrogen-bond acceptors (Lipinski definition) is 4. The number of methoxy groups -OCH3 is 1. The number of benzene rings is 2. The maximum absolute atomic E-state index is 12.2. The van der Waals surface area contributed by atoms with Gasteiger partial charge in [-0.1, -0.05) is 29.3 Å². The number of halogens is 2. The Morgan fingerprint density at radius 1 is 1.21 bits per heavy atom. The second-order valence-electron chi connectivity index (χ2n) is 4.87. The molecule has 0 bridgehead atoms. The lowest BCUT2D eigenvalue weighted by atomic mass is 10.1. The van der Waals surface area contributed by atoms with Crippen LogP contribution in [-0.2, 0) is 21.2 Å². The van der Waals surface area contributed by atoms with E-state index in [2.05, 4.69) is 5.32 Å². The summed E-state index contributed by atoms with van der Waals surface area (Å²) in [5.74, 6) is -0.0953. The van der Waals surface area contributed by atoms with E-state index in [0.29, 0.717) is 21.4 Å². The van der Waals surface area contributed by atoms with Crippen LogP contribution < -0.4 is 15.2 Å². The highest BCUT2D eigenvalue weighted by Gasteiger charge is 2.15.